The van der Waals surface area contributed by atoms with Gasteiger partial charge in [0, 0.05) is 31.3 Å². The van der Waals surface area contributed by atoms with Crippen LogP contribution in [0.4, 0.5) is 5.69 Å². The number of rotatable bonds is 5. The summed E-state index contributed by atoms with van der Waals surface area (Å²) in [6.45, 7) is 4.05. The zero-order valence-electron chi connectivity index (χ0n) is 10.7. The number of anilines is 1. The molecule has 18 heavy (non-hydrogen) atoms. The highest BCUT2D eigenvalue weighted by atomic mass is 16.5. The van der Waals surface area contributed by atoms with Crippen LogP contribution < -0.4 is 4.90 Å². The van der Waals surface area contributed by atoms with Gasteiger partial charge in [0.15, 0.2) is 0 Å². The molecule has 2 rings (SSSR count). The molecule has 1 N–H and O–H groups in total. The Morgan fingerprint density at radius 1 is 1.50 bits per heavy atom. The van der Waals surface area contributed by atoms with Gasteiger partial charge >= 0.3 is 5.97 Å². The van der Waals surface area contributed by atoms with E-state index in [0.717, 1.165) is 31.6 Å². The zero-order valence-corrected chi connectivity index (χ0v) is 10.7. The number of nitrogens with zero attached hydrogens (tertiary/aromatic N) is 1. The Labute approximate surface area is 107 Å². The van der Waals surface area contributed by atoms with Gasteiger partial charge < -0.3 is 14.7 Å². The van der Waals surface area contributed by atoms with Crippen molar-refractivity contribution in [3.63, 3.8) is 0 Å². The van der Waals surface area contributed by atoms with Crippen molar-refractivity contribution in [1.82, 2.24) is 0 Å². The summed E-state index contributed by atoms with van der Waals surface area (Å²) in [7, 11) is 0. The van der Waals surface area contributed by atoms with Crippen molar-refractivity contribution in [3.8, 4) is 5.75 Å². The van der Waals surface area contributed by atoms with Gasteiger partial charge in [-0.25, -0.2) is 0 Å². The molecule has 98 valence electrons. The summed E-state index contributed by atoms with van der Waals surface area (Å²) in [4.78, 5) is 13.5. The number of carbonyl (C=O) groups is 1. The predicted molar refractivity (Wildman–Crippen MR) is 69.9 cm³/mol. The summed E-state index contributed by atoms with van der Waals surface area (Å²) in [5, 5.41) is 9.50. The Morgan fingerprint density at radius 3 is 3.11 bits per heavy atom. The lowest BCUT2D eigenvalue weighted by atomic mass is 10.1. The minimum atomic E-state index is -0.132. The Morgan fingerprint density at radius 2 is 2.33 bits per heavy atom. The predicted octanol–water partition coefficient (Wildman–Crippen LogP) is 2.10. The van der Waals surface area contributed by atoms with E-state index in [9.17, 15) is 9.90 Å². The monoisotopic (exact) mass is 249 g/mol. The molecular weight excluding hydrogens is 230 g/mol. The van der Waals surface area contributed by atoms with E-state index in [1.807, 2.05) is 13.0 Å². The van der Waals surface area contributed by atoms with Crippen molar-refractivity contribution in [1.29, 1.82) is 0 Å². The number of aromatic hydroxyl groups is 1. The summed E-state index contributed by atoms with van der Waals surface area (Å²) in [6, 6.07) is 5.49. The number of esters is 1. The van der Waals surface area contributed by atoms with Crippen molar-refractivity contribution < 1.29 is 14.6 Å². The van der Waals surface area contributed by atoms with Crippen LogP contribution in [0.2, 0.25) is 0 Å². The van der Waals surface area contributed by atoms with E-state index in [-0.39, 0.29) is 5.97 Å². The number of hydrogen-bond acceptors (Lipinski definition) is 4. The molecule has 1 heterocycles. The summed E-state index contributed by atoms with van der Waals surface area (Å²) in [5.41, 5.74) is 2.36. The molecule has 0 saturated heterocycles. The van der Waals surface area contributed by atoms with Gasteiger partial charge in [0.1, 0.15) is 5.75 Å². The first-order valence-electron chi connectivity index (χ1n) is 6.43. The van der Waals surface area contributed by atoms with Crippen LogP contribution in [-0.2, 0) is 16.0 Å². The van der Waals surface area contributed by atoms with E-state index in [4.69, 9.17) is 4.74 Å². The maximum atomic E-state index is 11.2. The van der Waals surface area contributed by atoms with Crippen LogP contribution in [0.1, 0.15) is 25.3 Å². The van der Waals surface area contributed by atoms with Gasteiger partial charge in [0.25, 0.3) is 0 Å². The Kier molecular flexibility index (Phi) is 4.07. The van der Waals surface area contributed by atoms with Gasteiger partial charge in [-0.15, -0.1) is 0 Å². The fourth-order valence-corrected chi connectivity index (χ4v) is 2.31. The maximum Gasteiger partial charge on any atom is 0.305 e. The lowest BCUT2D eigenvalue weighted by Gasteiger charge is -2.19. The quantitative estimate of drug-likeness (QED) is 0.812. The van der Waals surface area contributed by atoms with Gasteiger partial charge in [0.05, 0.1) is 6.61 Å². The van der Waals surface area contributed by atoms with Crippen molar-refractivity contribution in [2.24, 2.45) is 0 Å². The molecule has 4 heteroatoms. The zero-order chi connectivity index (χ0) is 13.0. The second-order valence-corrected chi connectivity index (χ2v) is 4.46. The number of fused-ring (bicyclic) bond motifs is 1. The molecule has 0 unspecified atom stereocenters. The van der Waals surface area contributed by atoms with Crippen LogP contribution in [0.3, 0.4) is 0 Å². The standard InChI is InChI=1S/C14H19NO3/c1-2-18-14(17)4-3-8-15-9-7-11-5-6-12(16)10-13(11)15/h5-6,10,16H,2-4,7-9H2,1H3. The molecule has 0 amide bonds. The molecule has 1 aromatic carbocycles. The van der Waals surface area contributed by atoms with Crippen molar-refractivity contribution in [2.45, 2.75) is 26.2 Å². The first-order valence-corrected chi connectivity index (χ1v) is 6.43. The van der Waals surface area contributed by atoms with Crippen molar-refractivity contribution >= 4 is 11.7 Å². The molecule has 1 aromatic rings. The summed E-state index contributed by atoms with van der Waals surface area (Å²) >= 11 is 0. The summed E-state index contributed by atoms with van der Waals surface area (Å²) in [6.07, 6.45) is 2.25. The Hall–Kier alpha value is -1.71. The summed E-state index contributed by atoms with van der Waals surface area (Å²) < 4.78 is 4.90. The average molecular weight is 249 g/mol. The highest BCUT2D eigenvalue weighted by molar-refractivity contribution is 5.69. The molecule has 0 aliphatic carbocycles. The molecule has 0 bridgehead atoms. The fraction of sp³-hybridized carbons (Fsp3) is 0.500. The molecule has 0 aromatic heterocycles. The van der Waals surface area contributed by atoms with E-state index in [1.165, 1.54) is 5.56 Å². The van der Waals surface area contributed by atoms with Gasteiger partial charge in [-0.1, -0.05) is 6.07 Å². The third-order valence-electron chi connectivity index (χ3n) is 3.17. The van der Waals surface area contributed by atoms with Crippen molar-refractivity contribution in [2.75, 3.05) is 24.6 Å². The number of benzene rings is 1. The van der Waals surface area contributed by atoms with Gasteiger partial charge in [0.2, 0.25) is 0 Å². The molecule has 4 nitrogen and oxygen atoms in total. The van der Waals surface area contributed by atoms with Gasteiger partial charge in [-0.05, 0) is 31.4 Å². The van der Waals surface area contributed by atoms with Crippen LogP contribution in [-0.4, -0.2) is 30.8 Å². The van der Waals surface area contributed by atoms with E-state index < -0.39 is 0 Å². The normalized spacial score (nSPS) is 13.5. The number of carbonyl (C=O) groups excluding carboxylic acids is 1. The lowest BCUT2D eigenvalue weighted by Crippen LogP contribution is -2.22. The average Bonchev–Trinajstić information content (AvgIpc) is 2.72. The minimum absolute atomic E-state index is 0.132. The Balaban J connectivity index is 1.86. The second kappa shape index (κ2) is 5.76. The highest BCUT2D eigenvalue weighted by Gasteiger charge is 2.19. The first kappa shape index (κ1) is 12.7. The molecule has 0 radical (unpaired) electrons. The molecule has 1 aliphatic heterocycles. The molecule has 0 saturated carbocycles. The molecule has 0 atom stereocenters. The molecular formula is C14H19NO3. The van der Waals surface area contributed by atoms with Crippen molar-refractivity contribution in [3.05, 3.63) is 23.8 Å². The van der Waals surface area contributed by atoms with Crippen LogP contribution in [0.15, 0.2) is 18.2 Å². The second-order valence-electron chi connectivity index (χ2n) is 4.46. The maximum absolute atomic E-state index is 11.2. The van der Waals surface area contributed by atoms with Crippen LogP contribution >= 0.6 is 0 Å². The smallest absolute Gasteiger partial charge is 0.305 e. The molecule has 0 spiro atoms. The van der Waals surface area contributed by atoms with E-state index >= 15 is 0 Å². The highest BCUT2D eigenvalue weighted by Crippen LogP contribution is 2.31. The van der Waals surface area contributed by atoms with E-state index in [0.29, 0.717) is 18.8 Å². The molecule has 1 aliphatic rings. The largest absolute Gasteiger partial charge is 0.508 e. The number of hydrogen-bond donors (Lipinski definition) is 1. The van der Waals surface area contributed by atoms with E-state index in [1.54, 1.807) is 12.1 Å². The Bertz CT molecular complexity index is 431. The van der Waals surface area contributed by atoms with Crippen LogP contribution in [0.25, 0.3) is 0 Å². The lowest BCUT2D eigenvalue weighted by molar-refractivity contribution is -0.143. The minimum Gasteiger partial charge on any atom is -0.508 e. The van der Waals surface area contributed by atoms with Gasteiger partial charge in [-0.3, -0.25) is 4.79 Å². The van der Waals surface area contributed by atoms with E-state index in [2.05, 4.69) is 4.90 Å². The number of phenols is 1. The third kappa shape index (κ3) is 2.94. The first-order chi connectivity index (χ1) is 8.70. The topological polar surface area (TPSA) is 49.8 Å². The summed E-state index contributed by atoms with van der Waals surface area (Å²) in [5.74, 6) is 0.166. The number of ether oxygens (including phenoxy) is 1. The fourth-order valence-electron chi connectivity index (χ4n) is 2.31. The third-order valence-corrected chi connectivity index (χ3v) is 3.17. The number of phenolic OH excluding ortho intramolecular Hbond substituents is 1. The SMILES string of the molecule is CCOC(=O)CCCN1CCc2ccc(O)cc21. The van der Waals surface area contributed by atoms with Gasteiger partial charge in [-0.2, -0.15) is 0 Å². The van der Waals surface area contributed by atoms with Crippen LogP contribution in [0.5, 0.6) is 5.75 Å². The van der Waals surface area contributed by atoms with Crippen LogP contribution in [0, 0.1) is 0 Å². The molecule has 0 fully saturated rings.